The number of carbonyl (C=O) groups excluding carboxylic acids is 1. The average Bonchev–Trinajstić information content (AvgIpc) is 2.69. The minimum Gasteiger partial charge on any atom is -0.489 e. The minimum atomic E-state index is -0.147. The van der Waals surface area contributed by atoms with Crippen molar-refractivity contribution in [3.8, 4) is 5.75 Å². The van der Waals surface area contributed by atoms with Crippen LogP contribution in [0.25, 0.3) is 0 Å². The Morgan fingerprint density at radius 3 is 2.50 bits per heavy atom. The van der Waals surface area contributed by atoms with Crippen molar-refractivity contribution in [3.05, 3.63) is 83.6 Å². The number of nitrogens with zero attached hydrogens (tertiary/aromatic N) is 1. The molecule has 3 rings (SSSR count). The van der Waals surface area contributed by atoms with E-state index in [1.165, 1.54) is 0 Å². The van der Waals surface area contributed by atoms with Gasteiger partial charge in [-0.05, 0) is 56.2 Å². The molecular formula is C23H25N3O2. The lowest BCUT2D eigenvalue weighted by Crippen LogP contribution is -2.23. The molecule has 144 valence electrons. The van der Waals surface area contributed by atoms with Crippen molar-refractivity contribution in [2.75, 3.05) is 5.32 Å². The number of ether oxygens (including phenoxy) is 1. The number of carbonyl (C=O) groups is 1. The van der Waals surface area contributed by atoms with Gasteiger partial charge in [0.05, 0.1) is 17.4 Å². The Labute approximate surface area is 165 Å². The van der Waals surface area contributed by atoms with Crippen LogP contribution in [0.3, 0.4) is 0 Å². The zero-order valence-electron chi connectivity index (χ0n) is 16.4. The minimum absolute atomic E-state index is 0.0789. The van der Waals surface area contributed by atoms with E-state index in [2.05, 4.69) is 15.6 Å². The van der Waals surface area contributed by atoms with Crippen molar-refractivity contribution < 1.29 is 9.53 Å². The van der Waals surface area contributed by atoms with Gasteiger partial charge in [0.25, 0.3) is 5.91 Å². The highest BCUT2D eigenvalue weighted by atomic mass is 16.5. The normalized spacial score (nSPS) is 10.6. The maximum Gasteiger partial charge on any atom is 0.253 e. The Bertz CT molecular complexity index is 937. The van der Waals surface area contributed by atoms with E-state index in [1.807, 2.05) is 69.3 Å². The van der Waals surface area contributed by atoms with Crippen molar-refractivity contribution >= 4 is 17.4 Å². The van der Waals surface area contributed by atoms with Crippen LogP contribution in [-0.2, 0) is 6.54 Å². The van der Waals surface area contributed by atoms with Crippen molar-refractivity contribution in [3.63, 3.8) is 0 Å². The lowest BCUT2D eigenvalue weighted by molar-refractivity contribution is 0.0950. The predicted octanol–water partition coefficient (Wildman–Crippen LogP) is 4.85. The largest absolute Gasteiger partial charge is 0.489 e. The van der Waals surface area contributed by atoms with Gasteiger partial charge < -0.3 is 15.4 Å². The topological polar surface area (TPSA) is 63.2 Å². The molecule has 2 N–H and O–H groups in total. The van der Waals surface area contributed by atoms with Crippen LogP contribution >= 0.6 is 0 Å². The summed E-state index contributed by atoms with van der Waals surface area (Å²) in [5, 5.41) is 6.18. The summed E-state index contributed by atoms with van der Waals surface area (Å²) < 4.78 is 5.81. The monoisotopic (exact) mass is 375 g/mol. The first kappa shape index (κ1) is 19.4. The summed E-state index contributed by atoms with van der Waals surface area (Å²) in [5.74, 6) is 1.26. The van der Waals surface area contributed by atoms with Crippen molar-refractivity contribution in [1.29, 1.82) is 0 Å². The lowest BCUT2D eigenvalue weighted by Gasteiger charge is -2.15. The highest BCUT2D eigenvalue weighted by Crippen LogP contribution is 2.27. The second-order valence-corrected chi connectivity index (χ2v) is 6.83. The molecule has 0 unspecified atom stereocenters. The van der Waals surface area contributed by atoms with E-state index < -0.39 is 0 Å². The van der Waals surface area contributed by atoms with E-state index in [9.17, 15) is 4.79 Å². The van der Waals surface area contributed by atoms with Crippen LogP contribution in [0, 0.1) is 6.92 Å². The summed E-state index contributed by atoms with van der Waals surface area (Å²) in [6.45, 7) is 6.49. The molecule has 0 radical (unpaired) electrons. The molecule has 2 aromatic carbocycles. The molecule has 0 saturated heterocycles. The van der Waals surface area contributed by atoms with E-state index >= 15 is 0 Å². The second kappa shape index (κ2) is 9.04. The molecule has 5 nitrogen and oxygen atoms in total. The van der Waals surface area contributed by atoms with Gasteiger partial charge >= 0.3 is 0 Å². The summed E-state index contributed by atoms with van der Waals surface area (Å²) in [5.41, 5.74) is 3.61. The molecular weight excluding hydrogens is 350 g/mol. The van der Waals surface area contributed by atoms with Crippen molar-refractivity contribution in [2.45, 2.75) is 33.4 Å². The Hall–Kier alpha value is -3.34. The molecule has 0 atom stereocenters. The third-order valence-electron chi connectivity index (χ3n) is 4.24. The van der Waals surface area contributed by atoms with Gasteiger partial charge in [0, 0.05) is 12.7 Å². The molecule has 5 heteroatoms. The van der Waals surface area contributed by atoms with Gasteiger partial charge in [-0.2, -0.15) is 0 Å². The van der Waals surface area contributed by atoms with Gasteiger partial charge in [0.15, 0.2) is 0 Å². The van der Waals surface area contributed by atoms with Crippen molar-refractivity contribution in [2.24, 2.45) is 0 Å². The third kappa shape index (κ3) is 5.10. The van der Waals surface area contributed by atoms with Crippen LogP contribution in [0.1, 0.15) is 35.3 Å². The van der Waals surface area contributed by atoms with Crippen LogP contribution in [0.4, 0.5) is 11.5 Å². The Kier molecular flexibility index (Phi) is 6.27. The van der Waals surface area contributed by atoms with E-state index in [-0.39, 0.29) is 12.0 Å². The molecule has 0 fully saturated rings. The highest BCUT2D eigenvalue weighted by Gasteiger charge is 2.09. The average molecular weight is 375 g/mol. The second-order valence-electron chi connectivity index (χ2n) is 6.83. The zero-order valence-corrected chi connectivity index (χ0v) is 16.4. The SMILES string of the molecule is Cc1ccccc1CNC(=O)c1ccc(Nc2ccccc2OC(C)C)nc1. The number of hydrogen-bond donors (Lipinski definition) is 2. The molecule has 0 bridgehead atoms. The zero-order chi connectivity index (χ0) is 19.9. The molecule has 1 aromatic heterocycles. The van der Waals surface area contributed by atoms with E-state index in [0.717, 1.165) is 22.6 Å². The molecule has 28 heavy (non-hydrogen) atoms. The summed E-state index contributed by atoms with van der Waals surface area (Å²) in [6, 6.07) is 19.3. The number of para-hydroxylation sites is 2. The maximum absolute atomic E-state index is 12.4. The Morgan fingerprint density at radius 1 is 1.04 bits per heavy atom. The van der Waals surface area contributed by atoms with Gasteiger partial charge in [-0.25, -0.2) is 4.98 Å². The van der Waals surface area contributed by atoms with Gasteiger partial charge in [-0.3, -0.25) is 4.79 Å². The van der Waals surface area contributed by atoms with Gasteiger partial charge in [0.2, 0.25) is 0 Å². The molecule has 0 saturated carbocycles. The first-order valence-corrected chi connectivity index (χ1v) is 9.34. The van der Waals surface area contributed by atoms with Crippen LogP contribution < -0.4 is 15.4 Å². The molecule has 0 spiro atoms. The first-order valence-electron chi connectivity index (χ1n) is 9.34. The summed E-state index contributed by atoms with van der Waals surface area (Å²) >= 11 is 0. The van der Waals surface area contributed by atoms with E-state index in [4.69, 9.17) is 4.74 Å². The van der Waals surface area contributed by atoms with Gasteiger partial charge in [-0.1, -0.05) is 36.4 Å². The summed E-state index contributed by atoms with van der Waals surface area (Å²) in [4.78, 5) is 16.7. The predicted molar refractivity (Wildman–Crippen MR) is 112 cm³/mol. The Morgan fingerprint density at radius 2 is 1.79 bits per heavy atom. The third-order valence-corrected chi connectivity index (χ3v) is 4.24. The number of nitrogens with one attached hydrogen (secondary N) is 2. The number of benzene rings is 2. The Balaban J connectivity index is 1.64. The quantitative estimate of drug-likeness (QED) is 0.620. The number of aryl methyl sites for hydroxylation is 1. The lowest BCUT2D eigenvalue weighted by atomic mass is 10.1. The summed E-state index contributed by atoms with van der Waals surface area (Å²) in [6.07, 6.45) is 1.65. The fourth-order valence-electron chi connectivity index (χ4n) is 2.75. The smallest absolute Gasteiger partial charge is 0.253 e. The number of hydrogen-bond acceptors (Lipinski definition) is 4. The van der Waals surface area contributed by atoms with Gasteiger partial charge in [0.1, 0.15) is 11.6 Å². The number of amides is 1. The van der Waals surface area contributed by atoms with E-state index in [1.54, 1.807) is 18.3 Å². The number of anilines is 2. The summed E-state index contributed by atoms with van der Waals surface area (Å²) in [7, 11) is 0. The molecule has 3 aromatic rings. The fourth-order valence-corrected chi connectivity index (χ4v) is 2.75. The standard InChI is InChI=1S/C23H25N3O2/c1-16(2)28-21-11-7-6-10-20(21)26-22-13-12-19(15-24-22)23(27)25-14-18-9-5-4-8-17(18)3/h4-13,15-16H,14H2,1-3H3,(H,24,26)(H,25,27). The number of pyridine rings is 1. The molecule has 1 heterocycles. The van der Waals surface area contributed by atoms with Crippen LogP contribution in [0.2, 0.25) is 0 Å². The van der Waals surface area contributed by atoms with Crippen molar-refractivity contribution in [1.82, 2.24) is 10.3 Å². The number of rotatable bonds is 7. The number of aromatic nitrogens is 1. The van der Waals surface area contributed by atoms with E-state index in [0.29, 0.717) is 17.9 Å². The van der Waals surface area contributed by atoms with Crippen LogP contribution in [0.15, 0.2) is 66.9 Å². The molecule has 1 amide bonds. The molecule has 0 aliphatic carbocycles. The maximum atomic E-state index is 12.4. The van der Waals surface area contributed by atoms with Crippen LogP contribution in [-0.4, -0.2) is 17.0 Å². The highest BCUT2D eigenvalue weighted by molar-refractivity contribution is 5.94. The first-order chi connectivity index (χ1) is 13.5. The molecule has 0 aliphatic heterocycles. The van der Waals surface area contributed by atoms with Gasteiger partial charge in [-0.15, -0.1) is 0 Å². The fraction of sp³-hybridized carbons (Fsp3) is 0.217. The molecule has 0 aliphatic rings. The van der Waals surface area contributed by atoms with Crippen LogP contribution in [0.5, 0.6) is 5.75 Å².